The van der Waals surface area contributed by atoms with Crippen LogP contribution in [0, 0.1) is 10.1 Å². The average Bonchev–Trinajstić information content (AvgIpc) is 3.12. The molecule has 0 saturated carbocycles. The second-order valence-corrected chi connectivity index (χ2v) is 10.1. The van der Waals surface area contributed by atoms with Crippen molar-refractivity contribution in [3.05, 3.63) is 60.7 Å². The SMILES string of the molecule is CN(C)CCCn1c(SCc2cccc([N+](=O)[O-])c2)nc2sc3c(c2c1=O)CCCC3. The van der Waals surface area contributed by atoms with E-state index in [9.17, 15) is 14.9 Å². The molecule has 0 unspecified atom stereocenters. The smallest absolute Gasteiger partial charge is 0.269 e. The van der Waals surface area contributed by atoms with Crippen molar-refractivity contribution in [2.75, 3.05) is 20.6 Å². The van der Waals surface area contributed by atoms with Crippen LogP contribution in [0.3, 0.4) is 0 Å². The van der Waals surface area contributed by atoms with Crippen LogP contribution < -0.4 is 5.56 Å². The molecule has 0 radical (unpaired) electrons. The highest BCUT2D eigenvalue weighted by atomic mass is 32.2. The number of hydrogen-bond acceptors (Lipinski definition) is 7. The average molecular weight is 459 g/mol. The first-order valence-corrected chi connectivity index (χ1v) is 12.3. The van der Waals surface area contributed by atoms with E-state index >= 15 is 0 Å². The molecule has 7 nitrogen and oxygen atoms in total. The molecular formula is C22H26N4O3S2. The van der Waals surface area contributed by atoms with Crippen LogP contribution in [0.5, 0.6) is 0 Å². The molecule has 0 atom stereocenters. The molecule has 0 N–H and O–H groups in total. The van der Waals surface area contributed by atoms with Crippen molar-refractivity contribution >= 4 is 39.0 Å². The standard InChI is InChI=1S/C22H26N4O3S2/c1-24(2)11-6-12-25-21(27)19-17-9-3-4-10-18(17)31-20(19)23-22(25)30-14-15-7-5-8-16(13-15)26(28)29/h5,7-8,13H,3-4,6,9-12,14H2,1-2H3. The number of fused-ring (bicyclic) bond motifs is 3. The Bertz CT molecular complexity index is 1170. The van der Waals surface area contributed by atoms with Crippen molar-refractivity contribution < 1.29 is 4.92 Å². The van der Waals surface area contributed by atoms with Crippen LogP contribution in [0.25, 0.3) is 10.2 Å². The van der Waals surface area contributed by atoms with E-state index in [4.69, 9.17) is 4.98 Å². The maximum absolute atomic E-state index is 13.5. The Morgan fingerprint density at radius 1 is 1.29 bits per heavy atom. The van der Waals surface area contributed by atoms with E-state index in [2.05, 4.69) is 4.90 Å². The second kappa shape index (κ2) is 9.50. The number of aromatic nitrogens is 2. The Kier molecular flexibility index (Phi) is 6.74. The third-order valence-corrected chi connectivity index (χ3v) is 7.75. The summed E-state index contributed by atoms with van der Waals surface area (Å²) in [5.74, 6) is 0.526. The summed E-state index contributed by atoms with van der Waals surface area (Å²) in [4.78, 5) is 33.4. The molecule has 1 aliphatic rings. The third-order valence-electron chi connectivity index (χ3n) is 5.52. The summed E-state index contributed by atoms with van der Waals surface area (Å²) in [5.41, 5.74) is 2.19. The van der Waals surface area contributed by atoms with Gasteiger partial charge in [0.15, 0.2) is 5.16 Å². The maximum Gasteiger partial charge on any atom is 0.269 e. The summed E-state index contributed by atoms with van der Waals surface area (Å²) in [6.07, 6.45) is 5.15. The van der Waals surface area contributed by atoms with Gasteiger partial charge in [-0.1, -0.05) is 23.9 Å². The van der Waals surface area contributed by atoms with Gasteiger partial charge >= 0.3 is 0 Å². The minimum atomic E-state index is -0.383. The van der Waals surface area contributed by atoms with E-state index in [0.717, 1.165) is 48.0 Å². The number of thiophene rings is 1. The molecule has 0 amide bonds. The Morgan fingerprint density at radius 3 is 2.87 bits per heavy atom. The highest BCUT2D eigenvalue weighted by Gasteiger charge is 2.22. The number of nitrogens with zero attached hydrogens (tertiary/aromatic N) is 4. The summed E-state index contributed by atoms with van der Waals surface area (Å²) in [5, 5.41) is 12.6. The van der Waals surface area contributed by atoms with Gasteiger partial charge in [-0.25, -0.2) is 4.98 Å². The molecule has 1 aliphatic carbocycles. The van der Waals surface area contributed by atoms with Gasteiger partial charge in [0.05, 0.1) is 10.3 Å². The number of nitro benzene ring substituents is 1. The molecule has 2 heterocycles. The van der Waals surface area contributed by atoms with Crippen molar-refractivity contribution in [2.45, 2.75) is 49.6 Å². The van der Waals surface area contributed by atoms with E-state index in [-0.39, 0.29) is 16.2 Å². The summed E-state index contributed by atoms with van der Waals surface area (Å²) in [6, 6.07) is 6.65. The lowest BCUT2D eigenvalue weighted by Gasteiger charge is -2.15. The first-order valence-electron chi connectivity index (χ1n) is 10.5. The molecule has 0 aliphatic heterocycles. The number of aryl methyl sites for hydroxylation is 2. The van der Waals surface area contributed by atoms with E-state index in [0.29, 0.717) is 17.5 Å². The van der Waals surface area contributed by atoms with E-state index in [1.807, 2.05) is 24.7 Å². The van der Waals surface area contributed by atoms with Gasteiger partial charge in [-0.05, 0) is 63.9 Å². The number of nitro groups is 1. The zero-order valence-electron chi connectivity index (χ0n) is 17.8. The summed E-state index contributed by atoms with van der Waals surface area (Å²) in [7, 11) is 4.05. The Morgan fingerprint density at radius 2 is 2.10 bits per heavy atom. The zero-order valence-corrected chi connectivity index (χ0v) is 19.4. The maximum atomic E-state index is 13.5. The Hall–Kier alpha value is -2.23. The van der Waals surface area contributed by atoms with Crippen molar-refractivity contribution in [3.63, 3.8) is 0 Å². The molecule has 0 saturated heterocycles. The lowest BCUT2D eigenvalue weighted by molar-refractivity contribution is -0.384. The van der Waals surface area contributed by atoms with Gasteiger partial charge < -0.3 is 4.90 Å². The second-order valence-electron chi connectivity index (χ2n) is 8.11. The minimum Gasteiger partial charge on any atom is -0.309 e. The number of hydrogen-bond donors (Lipinski definition) is 0. The minimum absolute atomic E-state index is 0.0599. The van der Waals surface area contributed by atoms with Crippen molar-refractivity contribution in [1.82, 2.24) is 14.5 Å². The van der Waals surface area contributed by atoms with Gasteiger partial charge in [-0.15, -0.1) is 11.3 Å². The lowest BCUT2D eigenvalue weighted by atomic mass is 9.97. The van der Waals surface area contributed by atoms with Crippen LogP contribution in [0.15, 0.2) is 34.2 Å². The van der Waals surface area contributed by atoms with E-state index in [1.54, 1.807) is 23.5 Å². The van der Waals surface area contributed by atoms with Crippen LogP contribution >= 0.6 is 23.1 Å². The van der Waals surface area contributed by atoms with Crippen molar-refractivity contribution in [2.24, 2.45) is 0 Å². The molecule has 0 spiro atoms. The number of thioether (sulfide) groups is 1. The first kappa shape index (κ1) is 22.0. The van der Waals surface area contributed by atoms with Crippen LogP contribution in [-0.4, -0.2) is 40.0 Å². The Balaban J connectivity index is 1.69. The normalized spacial score (nSPS) is 13.6. The van der Waals surface area contributed by atoms with Crippen molar-refractivity contribution in [3.8, 4) is 0 Å². The Labute approximate surface area is 189 Å². The molecule has 0 bridgehead atoms. The van der Waals surface area contributed by atoms with Crippen LogP contribution in [0.2, 0.25) is 0 Å². The van der Waals surface area contributed by atoms with E-state index in [1.165, 1.54) is 34.7 Å². The highest BCUT2D eigenvalue weighted by Crippen LogP contribution is 2.35. The fourth-order valence-electron chi connectivity index (χ4n) is 3.98. The molecule has 0 fully saturated rings. The topological polar surface area (TPSA) is 81.3 Å². The van der Waals surface area contributed by atoms with Gasteiger partial charge in [0.2, 0.25) is 0 Å². The molecule has 9 heteroatoms. The summed E-state index contributed by atoms with van der Waals surface area (Å²) in [6.45, 7) is 1.50. The van der Waals surface area contributed by atoms with Gasteiger partial charge in [-0.2, -0.15) is 0 Å². The van der Waals surface area contributed by atoms with Crippen LogP contribution in [0.4, 0.5) is 5.69 Å². The zero-order chi connectivity index (χ0) is 22.0. The predicted molar refractivity (Wildman–Crippen MR) is 126 cm³/mol. The van der Waals surface area contributed by atoms with E-state index < -0.39 is 0 Å². The number of benzene rings is 1. The first-order chi connectivity index (χ1) is 14.9. The number of rotatable bonds is 8. The third kappa shape index (κ3) is 4.83. The van der Waals surface area contributed by atoms with Gasteiger partial charge in [-0.3, -0.25) is 19.5 Å². The molecule has 31 heavy (non-hydrogen) atoms. The summed E-state index contributed by atoms with van der Waals surface area (Å²) >= 11 is 3.13. The molecule has 164 valence electrons. The molecule has 2 aromatic heterocycles. The molecule has 1 aromatic carbocycles. The van der Waals surface area contributed by atoms with Gasteiger partial charge in [0.1, 0.15) is 4.83 Å². The largest absolute Gasteiger partial charge is 0.309 e. The fourth-order valence-corrected chi connectivity index (χ4v) is 6.25. The van der Waals surface area contributed by atoms with Crippen molar-refractivity contribution in [1.29, 1.82) is 0 Å². The molecule has 4 rings (SSSR count). The number of non-ortho nitro benzene ring substituents is 1. The van der Waals surface area contributed by atoms with Gasteiger partial charge in [0, 0.05) is 29.3 Å². The molecular weight excluding hydrogens is 432 g/mol. The van der Waals surface area contributed by atoms with Crippen LogP contribution in [-0.2, 0) is 25.1 Å². The fraction of sp³-hybridized carbons (Fsp3) is 0.455. The monoisotopic (exact) mass is 458 g/mol. The quantitative estimate of drug-likeness (QED) is 0.214. The summed E-state index contributed by atoms with van der Waals surface area (Å²) < 4.78 is 1.81. The van der Waals surface area contributed by atoms with Crippen LogP contribution in [0.1, 0.15) is 35.3 Å². The predicted octanol–water partition coefficient (Wildman–Crippen LogP) is 4.49. The highest BCUT2D eigenvalue weighted by molar-refractivity contribution is 7.98. The molecule has 3 aromatic rings. The lowest BCUT2D eigenvalue weighted by Crippen LogP contribution is -2.25. The van der Waals surface area contributed by atoms with Gasteiger partial charge in [0.25, 0.3) is 11.2 Å².